The Balaban J connectivity index is 1.75. The molecule has 4 nitrogen and oxygen atoms in total. The maximum atomic E-state index is 11.8. The van der Waals surface area contributed by atoms with Crippen molar-refractivity contribution in [2.45, 2.75) is 24.5 Å². The summed E-state index contributed by atoms with van der Waals surface area (Å²) in [5.74, 6) is 0.289. The maximum Gasteiger partial charge on any atom is 0.335 e. The van der Waals surface area contributed by atoms with Gasteiger partial charge in [-0.2, -0.15) is 0 Å². The predicted molar refractivity (Wildman–Crippen MR) is 75.6 cm³/mol. The minimum Gasteiger partial charge on any atom is -0.478 e. The Kier molecular flexibility index (Phi) is 4.85. The molecule has 19 heavy (non-hydrogen) atoms. The molecule has 0 radical (unpaired) electrons. The third-order valence-electron chi connectivity index (χ3n) is 3.14. The summed E-state index contributed by atoms with van der Waals surface area (Å²) >= 11 is 1.72. The van der Waals surface area contributed by atoms with Gasteiger partial charge in [-0.1, -0.05) is 12.1 Å². The number of hydrogen-bond donors (Lipinski definition) is 2. The molecule has 0 aromatic heterocycles. The summed E-state index contributed by atoms with van der Waals surface area (Å²) in [5.41, 5.74) is 1.32. The second-order valence-electron chi connectivity index (χ2n) is 4.54. The van der Waals surface area contributed by atoms with Crippen LogP contribution < -0.4 is 5.32 Å². The van der Waals surface area contributed by atoms with Crippen molar-refractivity contribution in [2.75, 3.05) is 12.3 Å². The van der Waals surface area contributed by atoms with E-state index >= 15 is 0 Å². The smallest absolute Gasteiger partial charge is 0.335 e. The molecule has 1 aromatic rings. The van der Waals surface area contributed by atoms with Crippen LogP contribution in [-0.2, 0) is 11.2 Å². The maximum absolute atomic E-state index is 11.8. The van der Waals surface area contributed by atoms with E-state index in [4.69, 9.17) is 5.11 Å². The SMILES string of the molecule is O=C(O)c1ccc(CCNC(=O)C2CCCS2)cc1. The fourth-order valence-electron chi connectivity index (χ4n) is 2.04. The van der Waals surface area contributed by atoms with E-state index in [0.29, 0.717) is 6.54 Å². The molecule has 0 spiro atoms. The van der Waals surface area contributed by atoms with Gasteiger partial charge >= 0.3 is 5.97 Å². The topological polar surface area (TPSA) is 66.4 Å². The van der Waals surface area contributed by atoms with Gasteiger partial charge in [0.25, 0.3) is 0 Å². The van der Waals surface area contributed by atoms with Gasteiger partial charge in [-0.3, -0.25) is 4.79 Å². The summed E-state index contributed by atoms with van der Waals surface area (Å²) in [6.45, 7) is 0.600. The van der Waals surface area contributed by atoms with E-state index in [-0.39, 0.29) is 16.7 Å². The van der Waals surface area contributed by atoms with Crippen LogP contribution in [0.5, 0.6) is 0 Å². The zero-order chi connectivity index (χ0) is 13.7. The number of carboxylic acids is 1. The van der Waals surface area contributed by atoms with Crippen molar-refractivity contribution in [1.82, 2.24) is 5.32 Å². The Morgan fingerprint density at radius 2 is 2.05 bits per heavy atom. The number of nitrogens with one attached hydrogen (secondary N) is 1. The Morgan fingerprint density at radius 1 is 1.32 bits per heavy atom. The summed E-state index contributed by atoms with van der Waals surface area (Å²) in [5, 5.41) is 11.8. The molecule has 102 valence electrons. The molecular formula is C14H17NO3S. The summed E-state index contributed by atoms with van der Waals surface area (Å²) in [4.78, 5) is 22.5. The standard InChI is InChI=1S/C14H17NO3S/c16-13(12-2-1-9-19-12)15-8-7-10-3-5-11(6-4-10)14(17)18/h3-6,12H,1-2,7-9H2,(H,15,16)(H,17,18). The number of rotatable bonds is 5. The normalized spacial score (nSPS) is 18.2. The van der Waals surface area contributed by atoms with Crippen LogP contribution in [0.15, 0.2) is 24.3 Å². The van der Waals surface area contributed by atoms with Gasteiger partial charge in [0.2, 0.25) is 5.91 Å². The molecule has 1 saturated heterocycles. The van der Waals surface area contributed by atoms with Crippen molar-refractivity contribution in [2.24, 2.45) is 0 Å². The molecule has 0 saturated carbocycles. The van der Waals surface area contributed by atoms with Crippen LogP contribution in [0, 0.1) is 0 Å². The Morgan fingerprint density at radius 3 is 2.63 bits per heavy atom. The highest BCUT2D eigenvalue weighted by atomic mass is 32.2. The molecule has 0 bridgehead atoms. The average Bonchev–Trinajstić information content (AvgIpc) is 2.93. The first-order chi connectivity index (χ1) is 9.16. The summed E-state index contributed by atoms with van der Waals surface area (Å²) in [6.07, 6.45) is 2.83. The average molecular weight is 279 g/mol. The molecule has 0 aliphatic carbocycles. The first-order valence-electron chi connectivity index (χ1n) is 6.38. The second-order valence-corrected chi connectivity index (χ2v) is 5.86. The number of amides is 1. The fraction of sp³-hybridized carbons (Fsp3) is 0.429. The van der Waals surface area contributed by atoms with Crippen molar-refractivity contribution < 1.29 is 14.7 Å². The largest absolute Gasteiger partial charge is 0.478 e. The second kappa shape index (κ2) is 6.61. The van der Waals surface area contributed by atoms with Gasteiger partial charge < -0.3 is 10.4 Å². The van der Waals surface area contributed by atoms with Gasteiger partial charge in [0.1, 0.15) is 0 Å². The molecule has 1 aliphatic heterocycles. The fourth-order valence-corrected chi connectivity index (χ4v) is 3.23. The van der Waals surface area contributed by atoms with E-state index in [0.717, 1.165) is 30.6 Å². The highest BCUT2D eigenvalue weighted by Gasteiger charge is 2.22. The predicted octanol–water partition coefficient (Wildman–Crippen LogP) is 1.94. The van der Waals surface area contributed by atoms with Crippen LogP contribution in [0.25, 0.3) is 0 Å². The van der Waals surface area contributed by atoms with Crippen LogP contribution in [0.4, 0.5) is 0 Å². The molecule has 1 unspecified atom stereocenters. The molecule has 1 aliphatic rings. The Labute approximate surface area is 116 Å². The van der Waals surface area contributed by atoms with Crippen LogP contribution in [0.1, 0.15) is 28.8 Å². The first-order valence-corrected chi connectivity index (χ1v) is 7.43. The number of aromatic carboxylic acids is 1. The van der Waals surface area contributed by atoms with Gasteiger partial charge in [-0.05, 0) is 42.7 Å². The third kappa shape index (κ3) is 3.99. The number of carboxylic acid groups (broad SMARTS) is 1. The zero-order valence-electron chi connectivity index (χ0n) is 10.6. The van der Waals surface area contributed by atoms with Crippen molar-refractivity contribution in [3.8, 4) is 0 Å². The quantitative estimate of drug-likeness (QED) is 0.864. The molecule has 5 heteroatoms. The Hall–Kier alpha value is -1.49. The third-order valence-corrected chi connectivity index (χ3v) is 4.51. The van der Waals surface area contributed by atoms with Crippen molar-refractivity contribution in [3.63, 3.8) is 0 Å². The number of carbonyl (C=O) groups excluding carboxylic acids is 1. The lowest BCUT2D eigenvalue weighted by molar-refractivity contribution is -0.120. The van der Waals surface area contributed by atoms with Crippen molar-refractivity contribution in [1.29, 1.82) is 0 Å². The lowest BCUT2D eigenvalue weighted by Crippen LogP contribution is -2.32. The summed E-state index contributed by atoms with van der Waals surface area (Å²) in [6, 6.07) is 6.76. The summed E-state index contributed by atoms with van der Waals surface area (Å²) in [7, 11) is 0. The molecule has 1 amide bonds. The van der Waals surface area contributed by atoms with E-state index in [1.54, 1.807) is 36.0 Å². The van der Waals surface area contributed by atoms with Crippen LogP contribution in [-0.4, -0.2) is 34.5 Å². The van der Waals surface area contributed by atoms with E-state index in [9.17, 15) is 9.59 Å². The number of carbonyl (C=O) groups is 2. The first kappa shape index (κ1) is 13.9. The van der Waals surface area contributed by atoms with Gasteiger partial charge in [0, 0.05) is 6.54 Å². The van der Waals surface area contributed by atoms with E-state index in [1.807, 2.05) is 0 Å². The molecule has 2 N–H and O–H groups in total. The van der Waals surface area contributed by atoms with Crippen LogP contribution in [0.2, 0.25) is 0 Å². The monoisotopic (exact) mass is 279 g/mol. The van der Waals surface area contributed by atoms with Crippen LogP contribution in [0.3, 0.4) is 0 Å². The number of hydrogen-bond acceptors (Lipinski definition) is 3. The zero-order valence-corrected chi connectivity index (χ0v) is 11.4. The van der Waals surface area contributed by atoms with E-state index in [1.165, 1.54) is 0 Å². The molecular weight excluding hydrogens is 262 g/mol. The lowest BCUT2D eigenvalue weighted by atomic mass is 10.1. The van der Waals surface area contributed by atoms with Gasteiger partial charge in [0.05, 0.1) is 10.8 Å². The van der Waals surface area contributed by atoms with E-state index in [2.05, 4.69) is 5.32 Å². The molecule has 1 aromatic carbocycles. The minimum absolute atomic E-state index is 0.120. The Bertz CT molecular complexity index is 452. The highest BCUT2D eigenvalue weighted by Crippen LogP contribution is 2.25. The molecule has 1 heterocycles. The van der Waals surface area contributed by atoms with Crippen molar-refractivity contribution >= 4 is 23.6 Å². The van der Waals surface area contributed by atoms with Gasteiger partial charge in [-0.25, -0.2) is 4.79 Å². The lowest BCUT2D eigenvalue weighted by Gasteiger charge is -2.09. The molecule has 1 fully saturated rings. The van der Waals surface area contributed by atoms with E-state index < -0.39 is 5.97 Å². The summed E-state index contributed by atoms with van der Waals surface area (Å²) < 4.78 is 0. The molecule has 2 rings (SSSR count). The number of benzene rings is 1. The van der Waals surface area contributed by atoms with Crippen LogP contribution >= 0.6 is 11.8 Å². The van der Waals surface area contributed by atoms with Gasteiger partial charge in [0.15, 0.2) is 0 Å². The molecule has 1 atom stereocenters. The minimum atomic E-state index is -0.918. The van der Waals surface area contributed by atoms with Gasteiger partial charge in [-0.15, -0.1) is 11.8 Å². The van der Waals surface area contributed by atoms with Crippen molar-refractivity contribution in [3.05, 3.63) is 35.4 Å². The number of thioether (sulfide) groups is 1. The highest BCUT2D eigenvalue weighted by molar-refractivity contribution is 8.00.